The highest BCUT2D eigenvalue weighted by Crippen LogP contribution is 2.33. The number of benzene rings is 2. The number of ether oxygens (including phenoxy) is 4. The maximum absolute atomic E-state index is 10.6. The summed E-state index contributed by atoms with van der Waals surface area (Å²) >= 11 is 0. The third-order valence-electron chi connectivity index (χ3n) is 6.80. The third kappa shape index (κ3) is 6.03. The van der Waals surface area contributed by atoms with Crippen LogP contribution in [0, 0.1) is 0 Å². The van der Waals surface area contributed by atoms with Crippen molar-refractivity contribution in [2.75, 3.05) is 13.2 Å². The van der Waals surface area contributed by atoms with E-state index in [2.05, 4.69) is 31.2 Å². The molecule has 0 saturated carbocycles. The van der Waals surface area contributed by atoms with Gasteiger partial charge in [-0.05, 0) is 48.1 Å². The van der Waals surface area contributed by atoms with Crippen molar-refractivity contribution in [3.8, 4) is 5.75 Å². The van der Waals surface area contributed by atoms with Crippen molar-refractivity contribution in [2.24, 2.45) is 0 Å². The van der Waals surface area contributed by atoms with Gasteiger partial charge in [0.2, 0.25) is 6.29 Å². The first-order valence-corrected chi connectivity index (χ1v) is 12.3. The van der Waals surface area contributed by atoms with E-state index in [4.69, 9.17) is 18.9 Å². The smallest absolute Gasteiger partial charge is 0.229 e. The van der Waals surface area contributed by atoms with Crippen molar-refractivity contribution < 1.29 is 39.4 Å². The molecule has 4 rings (SSSR count). The van der Waals surface area contributed by atoms with Gasteiger partial charge < -0.3 is 39.4 Å². The van der Waals surface area contributed by atoms with Crippen molar-refractivity contribution >= 4 is 0 Å². The van der Waals surface area contributed by atoms with Gasteiger partial charge in [-0.25, -0.2) is 0 Å². The Kier molecular flexibility index (Phi) is 8.44. The summed E-state index contributed by atoms with van der Waals surface area (Å²) in [5.74, 6) is 0.464. The highest BCUT2D eigenvalue weighted by Gasteiger charge is 2.51. The summed E-state index contributed by atoms with van der Waals surface area (Å²) in [4.78, 5) is 0. The van der Waals surface area contributed by atoms with Gasteiger partial charge in [0.1, 0.15) is 29.7 Å². The van der Waals surface area contributed by atoms with E-state index in [9.17, 15) is 20.4 Å². The quantitative estimate of drug-likeness (QED) is 0.424. The number of rotatable bonds is 9. The van der Waals surface area contributed by atoms with Crippen LogP contribution >= 0.6 is 0 Å². The van der Waals surface area contributed by atoms with Crippen LogP contribution in [0.3, 0.4) is 0 Å². The van der Waals surface area contributed by atoms with Crippen LogP contribution in [0.4, 0.5) is 0 Å². The summed E-state index contributed by atoms with van der Waals surface area (Å²) in [6.45, 7) is 4.05. The molecule has 2 fully saturated rings. The van der Waals surface area contributed by atoms with Gasteiger partial charge in [-0.15, -0.1) is 0 Å². The van der Waals surface area contributed by atoms with Gasteiger partial charge in [-0.1, -0.05) is 43.3 Å². The van der Waals surface area contributed by atoms with Crippen molar-refractivity contribution in [3.63, 3.8) is 0 Å². The molecule has 0 aromatic heterocycles. The Morgan fingerprint density at radius 3 is 2.37 bits per heavy atom. The van der Waals surface area contributed by atoms with E-state index < -0.39 is 36.8 Å². The molecule has 6 atom stereocenters. The predicted octanol–water partition coefficient (Wildman–Crippen LogP) is 2.06. The molecule has 2 aromatic carbocycles. The van der Waals surface area contributed by atoms with Gasteiger partial charge in [0.15, 0.2) is 6.29 Å². The van der Waals surface area contributed by atoms with Crippen LogP contribution in [-0.2, 0) is 33.7 Å². The predicted molar refractivity (Wildman–Crippen MR) is 128 cm³/mol. The lowest BCUT2D eigenvalue weighted by molar-refractivity contribution is -0.313. The molecular formula is C27H36O8. The van der Waals surface area contributed by atoms with E-state index in [1.807, 2.05) is 18.2 Å². The second-order valence-electron chi connectivity index (χ2n) is 9.54. The molecule has 2 saturated heterocycles. The lowest BCUT2D eigenvalue weighted by Gasteiger charge is -2.45. The van der Waals surface area contributed by atoms with E-state index in [1.54, 1.807) is 0 Å². The standard InChI is InChI=1S/C27H36O8/c1-3-17-6-8-18(9-7-17)13-20-11-10-19(15-33-22-5-4-12-32-22)14-21(20)34-26-24(30)23(29)25(31)27(2,16-28)35-26/h6-11,14,22-26,28-31H,3-5,12-13,15-16H2,1-2H3/t22?,23-,24-,25+,26-,27-/m1/s1. The Hall–Kier alpha value is -2.04. The number of aliphatic hydroxyl groups is 4. The fourth-order valence-corrected chi connectivity index (χ4v) is 4.39. The summed E-state index contributed by atoms with van der Waals surface area (Å²) in [7, 11) is 0. The van der Waals surface area contributed by atoms with Crippen molar-refractivity contribution in [1.29, 1.82) is 0 Å². The van der Waals surface area contributed by atoms with Gasteiger partial charge in [-0.3, -0.25) is 0 Å². The molecule has 0 spiro atoms. The minimum Gasteiger partial charge on any atom is -0.462 e. The molecular weight excluding hydrogens is 452 g/mol. The highest BCUT2D eigenvalue weighted by molar-refractivity contribution is 5.41. The lowest BCUT2D eigenvalue weighted by atomic mass is 9.89. The van der Waals surface area contributed by atoms with Crippen LogP contribution < -0.4 is 4.74 Å². The molecule has 8 heteroatoms. The highest BCUT2D eigenvalue weighted by atomic mass is 16.7. The minimum absolute atomic E-state index is 0.221. The number of hydrogen-bond acceptors (Lipinski definition) is 8. The van der Waals surface area contributed by atoms with Crippen molar-refractivity contribution in [1.82, 2.24) is 0 Å². The summed E-state index contributed by atoms with van der Waals surface area (Å²) < 4.78 is 23.3. The summed E-state index contributed by atoms with van der Waals surface area (Å²) in [5, 5.41) is 41.0. The molecule has 2 heterocycles. The molecule has 0 aliphatic carbocycles. The van der Waals surface area contributed by atoms with Crippen LogP contribution in [0.2, 0.25) is 0 Å². The molecule has 4 N–H and O–H groups in total. The van der Waals surface area contributed by atoms with Crippen molar-refractivity contribution in [2.45, 2.75) is 82.6 Å². The minimum atomic E-state index is -1.54. The Morgan fingerprint density at radius 2 is 1.71 bits per heavy atom. The first kappa shape index (κ1) is 26.0. The first-order chi connectivity index (χ1) is 16.8. The van der Waals surface area contributed by atoms with Gasteiger partial charge in [0.05, 0.1) is 13.2 Å². The molecule has 1 unspecified atom stereocenters. The maximum Gasteiger partial charge on any atom is 0.229 e. The SMILES string of the molecule is CCc1ccc(Cc2ccc(COC3CCCO3)cc2O[C@@H]2O[C@](C)(CO)[C@@H](O)[C@H](O)[C@H]2O)cc1. The van der Waals surface area contributed by atoms with Crippen molar-refractivity contribution in [3.05, 3.63) is 64.7 Å². The Labute approximate surface area is 206 Å². The van der Waals surface area contributed by atoms with E-state index in [0.717, 1.165) is 36.0 Å². The maximum atomic E-state index is 10.6. The average molecular weight is 489 g/mol. The van der Waals surface area contributed by atoms with Gasteiger partial charge in [-0.2, -0.15) is 0 Å². The van der Waals surface area contributed by atoms with E-state index >= 15 is 0 Å². The second-order valence-corrected chi connectivity index (χ2v) is 9.54. The van der Waals surface area contributed by atoms with Gasteiger partial charge in [0.25, 0.3) is 0 Å². The Bertz CT molecular complexity index is 958. The molecule has 192 valence electrons. The molecule has 0 bridgehead atoms. The lowest BCUT2D eigenvalue weighted by Crippen LogP contribution is -2.65. The third-order valence-corrected chi connectivity index (χ3v) is 6.80. The molecule has 8 nitrogen and oxygen atoms in total. The Balaban J connectivity index is 1.58. The molecule has 0 radical (unpaired) electrons. The normalized spacial score (nSPS) is 31.0. The number of aryl methyl sites for hydroxylation is 1. The number of hydrogen-bond donors (Lipinski definition) is 4. The van der Waals surface area contributed by atoms with E-state index in [1.165, 1.54) is 12.5 Å². The zero-order chi connectivity index (χ0) is 25.0. The summed E-state index contributed by atoms with van der Waals surface area (Å²) in [6, 6.07) is 14.1. The van der Waals surface area contributed by atoms with Crippen LogP contribution in [0.5, 0.6) is 5.75 Å². The number of aliphatic hydroxyl groups excluding tert-OH is 4. The fourth-order valence-electron chi connectivity index (χ4n) is 4.39. The largest absolute Gasteiger partial charge is 0.462 e. The zero-order valence-corrected chi connectivity index (χ0v) is 20.3. The molecule has 0 amide bonds. The van der Waals surface area contributed by atoms with Gasteiger partial charge in [0, 0.05) is 19.4 Å². The Morgan fingerprint density at radius 1 is 1.00 bits per heavy atom. The van der Waals surface area contributed by atoms with E-state index in [0.29, 0.717) is 25.4 Å². The molecule has 2 aliphatic rings. The molecule has 35 heavy (non-hydrogen) atoms. The van der Waals surface area contributed by atoms with Crippen LogP contribution in [-0.4, -0.2) is 70.1 Å². The molecule has 2 aromatic rings. The average Bonchev–Trinajstić information content (AvgIpc) is 3.40. The fraction of sp³-hybridized carbons (Fsp3) is 0.556. The topological polar surface area (TPSA) is 118 Å². The first-order valence-electron chi connectivity index (χ1n) is 12.3. The summed E-state index contributed by atoms with van der Waals surface area (Å²) in [5.41, 5.74) is 2.58. The van der Waals surface area contributed by atoms with E-state index in [-0.39, 0.29) is 6.29 Å². The summed E-state index contributed by atoms with van der Waals surface area (Å²) in [6.07, 6.45) is -2.65. The van der Waals surface area contributed by atoms with Crippen LogP contribution in [0.15, 0.2) is 42.5 Å². The van der Waals surface area contributed by atoms with Crippen LogP contribution in [0.25, 0.3) is 0 Å². The molecule has 2 aliphatic heterocycles. The monoisotopic (exact) mass is 488 g/mol. The van der Waals surface area contributed by atoms with Gasteiger partial charge >= 0.3 is 0 Å². The van der Waals surface area contributed by atoms with Crippen LogP contribution in [0.1, 0.15) is 48.9 Å². The zero-order valence-electron chi connectivity index (χ0n) is 20.3. The second kappa shape index (κ2) is 11.3.